The van der Waals surface area contributed by atoms with E-state index in [1.165, 1.54) is 32.7 Å². The van der Waals surface area contributed by atoms with Crippen LogP contribution in [0.15, 0.2) is 0 Å². The third kappa shape index (κ3) is 13.0. The van der Waals surface area contributed by atoms with Gasteiger partial charge in [-0.3, -0.25) is 18.9 Å². The van der Waals surface area contributed by atoms with Crippen LogP contribution < -0.4 is 0 Å². The van der Waals surface area contributed by atoms with Crippen LogP contribution in [-0.4, -0.2) is 131 Å². The predicted octanol–water partition coefficient (Wildman–Crippen LogP) is 11.7. The summed E-state index contributed by atoms with van der Waals surface area (Å²) < 4.78 is 433. The number of carbonyl (C=O) groups excluding carboxylic acids is 1. The molecule has 0 aromatic carbocycles. The SMILES string of the molecule is C[Si]1(C)O[Si](C)(C)O[Si](C)(CCCOC(=O)C(F)(OC(F)(F)C(F)(OC(F)(F)C(F)(OC(F)(F)C(F)(OC(F)(F)C(F)(OF)C(F)(F)F)C(F)(F)F)C(F)(F)F)C(F)(F)F)C(F)(F)F)O[Si](C)(C)O1. The third-order valence-corrected chi connectivity index (χ3v) is 24.2. The Bertz CT molecular complexity index is 1790. The summed E-state index contributed by atoms with van der Waals surface area (Å²) in [7, 11) is -13.4. The molecule has 0 aliphatic carbocycles. The number of hydrogen-bond donors (Lipinski definition) is 0. The van der Waals surface area contributed by atoms with Gasteiger partial charge in [-0.2, -0.15) is 123 Å². The first kappa shape index (κ1) is 65.0. The largest absolute Gasteiger partial charge is 0.461 e. The lowest BCUT2D eigenvalue weighted by Crippen LogP contribution is -2.72. The van der Waals surface area contributed by atoms with Crippen LogP contribution in [0.1, 0.15) is 6.42 Å². The van der Waals surface area contributed by atoms with Crippen molar-refractivity contribution in [1.82, 2.24) is 0 Å². The molecule has 1 rings (SSSR count). The van der Waals surface area contributed by atoms with E-state index in [0.717, 1.165) is 19.2 Å². The molecule has 0 saturated carbocycles. The Morgan fingerprint density at radius 2 is 0.652 bits per heavy atom. The smallest absolute Gasteiger partial charge is 0.461 e. The Kier molecular flexibility index (Phi) is 17.6. The highest BCUT2D eigenvalue weighted by atomic mass is 28.5. The number of ether oxygens (including phenoxy) is 5. The molecule has 11 nitrogen and oxygen atoms in total. The van der Waals surface area contributed by atoms with Crippen molar-refractivity contribution >= 4 is 40.2 Å². The second-order valence-electron chi connectivity index (χ2n) is 15.0. The fraction of sp³-hybridized carbons (Fsp3) is 0.960. The van der Waals surface area contributed by atoms with Gasteiger partial charge in [0.15, 0.2) is 0 Å². The minimum atomic E-state index is -9.30. The second kappa shape index (κ2) is 18.7. The van der Waals surface area contributed by atoms with Gasteiger partial charge in [0.2, 0.25) is 0 Å². The first-order chi connectivity index (χ1) is 29.6. The molecular formula is C25H27F29O11Si4. The van der Waals surface area contributed by atoms with Crippen molar-refractivity contribution in [3.63, 3.8) is 0 Å². The Morgan fingerprint density at radius 1 is 0.391 bits per heavy atom. The highest BCUT2D eigenvalue weighted by molar-refractivity contribution is 6.93. The summed E-state index contributed by atoms with van der Waals surface area (Å²) >= 11 is 0. The Morgan fingerprint density at radius 3 is 0.913 bits per heavy atom. The van der Waals surface area contributed by atoms with Crippen LogP contribution in [0.25, 0.3) is 0 Å². The Hall–Kier alpha value is -2.05. The molecule has 44 heteroatoms. The fourth-order valence-electron chi connectivity index (χ4n) is 5.34. The van der Waals surface area contributed by atoms with E-state index in [1.807, 2.05) is 0 Å². The first-order valence-corrected chi connectivity index (χ1v) is 27.9. The van der Waals surface area contributed by atoms with E-state index in [2.05, 4.69) is 4.74 Å². The Labute approximate surface area is 367 Å². The zero-order valence-electron chi connectivity index (χ0n) is 34.1. The van der Waals surface area contributed by atoms with Gasteiger partial charge in [0.1, 0.15) is 0 Å². The molecule has 0 aromatic heterocycles. The van der Waals surface area contributed by atoms with Crippen molar-refractivity contribution in [3.8, 4) is 0 Å². The van der Waals surface area contributed by atoms with Crippen LogP contribution in [0.2, 0.25) is 51.9 Å². The molecule has 412 valence electrons. The van der Waals surface area contributed by atoms with E-state index in [1.54, 1.807) is 17.8 Å². The predicted molar refractivity (Wildman–Crippen MR) is 165 cm³/mol. The van der Waals surface area contributed by atoms with Gasteiger partial charge in [-0.25, -0.2) is 4.79 Å². The topological polar surface area (TPSA) is 109 Å². The van der Waals surface area contributed by atoms with E-state index in [0.29, 0.717) is 0 Å². The van der Waals surface area contributed by atoms with Crippen molar-refractivity contribution in [3.05, 3.63) is 0 Å². The maximum atomic E-state index is 15.1. The van der Waals surface area contributed by atoms with Crippen LogP contribution in [0.5, 0.6) is 0 Å². The average molecular weight is 1170 g/mol. The molecule has 5 atom stereocenters. The number of halogens is 29. The summed E-state index contributed by atoms with van der Waals surface area (Å²) in [4.78, 5) is 13.0. The molecule has 0 spiro atoms. The quantitative estimate of drug-likeness (QED) is 0.0566. The molecule has 1 saturated heterocycles. The van der Waals surface area contributed by atoms with Gasteiger partial charge in [0, 0.05) is 0 Å². The van der Waals surface area contributed by atoms with Crippen LogP contribution in [0.3, 0.4) is 0 Å². The van der Waals surface area contributed by atoms with Crippen molar-refractivity contribution in [2.75, 3.05) is 6.61 Å². The standard InChI is InChI=1S/C25H27F29O11Si4/c1-66(2)62-67(3,4)64-69(7,65-68(5,6)63-66)10-8-9-56-11(55)12(26,17(31,32)33)57-22(46,47)13(27,18(34,35)36)58-23(48,49)14(28,19(37,38)39)59-24(50,51)15(29,20(40,41)42)60-25(52,53)16(30,61-54)21(43,44)45/h8-10H2,1-7H3. The highest BCUT2D eigenvalue weighted by Gasteiger charge is 2.90. The molecular weight excluding hydrogens is 1140 g/mol. The minimum absolute atomic E-state index is 0.600. The zero-order chi connectivity index (χ0) is 55.8. The molecule has 1 heterocycles. The molecule has 1 fully saturated rings. The Balaban J connectivity index is 3.84. The molecule has 0 radical (unpaired) electrons. The molecule has 1 aliphatic heterocycles. The third-order valence-electron chi connectivity index (χ3n) is 7.68. The van der Waals surface area contributed by atoms with Gasteiger partial charge in [-0.1, -0.05) is 0 Å². The van der Waals surface area contributed by atoms with Crippen molar-refractivity contribution in [2.45, 2.75) is 143 Å². The van der Waals surface area contributed by atoms with Crippen LogP contribution in [0.4, 0.5) is 127 Å². The number of hydrogen-bond acceptors (Lipinski definition) is 11. The van der Waals surface area contributed by atoms with E-state index >= 15 is 8.78 Å². The summed E-state index contributed by atoms with van der Waals surface area (Å²) in [5.41, 5.74) is 0. The van der Waals surface area contributed by atoms with Gasteiger partial charge in [-0.15, -0.1) is 4.94 Å². The van der Waals surface area contributed by atoms with Crippen molar-refractivity contribution in [1.29, 1.82) is 0 Å². The maximum absolute atomic E-state index is 15.1. The average Bonchev–Trinajstić information content (AvgIpc) is 3.03. The summed E-state index contributed by atoms with van der Waals surface area (Å²) in [6.07, 6.45) is -78.8. The summed E-state index contributed by atoms with van der Waals surface area (Å²) in [5.74, 6) is -47.0. The minimum Gasteiger partial charge on any atom is -0.461 e. The summed E-state index contributed by atoms with van der Waals surface area (Å²) in [6.45, 7) is 8.27. The molecule has 1 aliphatic rings. The van der Waals surface area contributed by atoms with E-state index in [9.17, 15) is 123 Å². The molecule has 0 bridgehead atoms. The van der Waals surface area contributed by atoms with Crippen molar-refractivity contribution in [2.24, 2.45) is 0 Å². The summed E-state index contributed by atoms with van der Waals surface area (Å²) in [6, 6.07) is -0.600. The van der Waals surface area contributed by atoms with Crippen LogP contribution in [0, 0.1) is 0 Å². The normalized spacial score (nSPS) is 23.5. The van der Waals surface area contributed by atoms with E-state index < -0.39 is 144 Å². The molecule has 69 heavy (non-hydrogen) atoms. The maximum Gasteiger partial charge on any atom is 0.461 e. The monoisotopic (exact) mass is 1170 g/mol. The van der Waals surface area contributed by atoms with Gasteiger partial charge < -0.3 is 21.2 Å². The number of esters is 1. The molecule has 0 amide bonds. The summed E-state index contributed by atoms with van der Waals surface area (Å²) in [5, 5.41) is 0. The van der Waals surface area contributed by atoms with E-state index in [4.69, 9.17) is 16.5 Å². The van der Waals surface area contributed by atoms with Gasteiger partial charge >= 0.3 is 125 Å². The highest BCUT2D eigenvalue weighted by Crippen LogP contribution is 2.61. The fourth-order valence-corrected chi connectivity index (χ4v) is 26.9. The lowest BCUT2D eigenvalue weighted by molar-refractivity contribution is -0.598. The first-order valence-electron chi connectivity index (χ1n) is 17.0. The van der Waals surface area contributed by atoms with E-state index in [-0.39, 0.29) is 0 Å². The molecule has 0 N–H and O–H groups in total. The zero-order valence-corrected chi connectivity index (χ0v) is 38.1. The molecule has 5 unspecified atom stereocenters. The lowest BCUT2D eigenvalue weighted by atomic mass is 10.2. The number of carbonyl (C=O) groups is 1. The number of alkyl halides is 28. The van der Waals surface area contributed by atoms with Crippen LogP contribution >= 0.6 is 0 Å². The van der Waals surface area contributed by atoms with Crippen LogP contribution in [-0.2, 0) is 49.9 Å². The second-order valence-corrected chi connectivity index (χ2v) is 29.4. The molecule has 0 aromatic rings. The number of rotatable bonds is 18. The van der Waals surface area contributed by atoms with Gasteiger partial charge in [0.25, 0.3) is 0 Å². The van der Waals surface area contributed by atoms with Crippen molar-refractivity contribution < 1.29 is 177 Å². The lowest BCUT2D eigenvalue weighted by Gasteiger charge is -2.47. The van der Waals surface area contributed by atoms with Gasteiger partial charge in [0.05, 0.1) is 6.61 Å². The van der Waals surface area contributed by atoms with Gasteiger partial charge in [-0.05, 0) is 62.8 Å².